The molecule has 1 amide bonds. The lowest BCUT2D eigenvalue weighted by Crippen LogP contribution is -2.13. The maximum absolute atomic E-state index is 10.3. The number of H-pyrrole nitrogens is 1. The van der Waals surface area contributed by atoms with Gasteiger partial charge in [-0.1, -0.05) is 5.16 Å². The zero-order valence-electron chi connectivity index (χ0n) is 5.36. The Morgan fingerprint density at radius 2 is 2.55 bits per heavy atom. The Bertz CT molecular complexity index is 300. The zero-order valence-corrected chi connectivity index (χ0v) is 5.36. The first-order chi connectivity index (χ1) is 5.18. The van der Waals surface area contributed by atoms with E-state index in [2.05, 4.69) is 25.1 Å². The van der Waals surface area contributed by atoms with Crippen molar-refractivity contribution >= 4 is 6.09 Å². The van der Waals surface area contributed by atoms with Gasteiger partial charge < -0.3 is 10.5 Å². The molecule has 0 fully saturated rings. The molecule has 0 aliphatic heterocycles. The van der Waals surface area contributed by atoms with E-state index in [1.54, 1.807) is 0 Å². The topological polar surface area (TPSA) is 111 Å². The van der Waals surface area contributed by atoms with Crippen LogP contribution in [-0.4, -0.2) is 16.2 Å². The molecule has 1 rings (SSSR count). The SMILES string of the molecule is NC(=O)OCc1noc(=O)[nH]1. The van der Waals surface area contributed by atoms with E-state index in [0.717, 1.165) is 0 Å². The molecule has 3 N–H and O–H groups in total. The molecule has 1 heterocycles. The number of nitrogens with one attached hydrogen (secondary N) is 1. The van der Waals surface area contributed by atoms with Crippen molar-refractivity contribution in [3.63, 3.8) is 0 Å². The van der Waals surface area contributed by atoms with E-state index >= 15 is 0 Å². The van der Waals surface area contributed by atoms with Crippen molar-refractivity contribution in [3.8, 4) is 0 Å². The number of aromatic nitrogens is 2. The Hall–Kier alpha value is -1.79. The van der Waals surface area contributed by atoms with Crippen molar-refractivity contribution in [1.29, 1.82) is 0 Å². The molecule has 7 heteroatoms. The molecule has 0 unspecified atom stereocenters. The molecule has 0 radical (unpaired) electrons. The number of hydrogen-bond acceptors (Lipinski definition) is 5. The van der Waals surface area contributed by atoms with E-state index < -0.39 is 11.8 Å². The van der Waals surface area contributed by atoms with Crippen molar-refractivity contribution in [1.82, 2.24) is 10.1 Å². The van der Waals surface area contributed by atoms with Crippen LogP contribution in [0.15, 0.2) is 9.32 Å². The highest BCUT2D eigenvalue weighted by Gasteiger charge is 2.01. The highest BCUT2D eigenvalue weighted by molar-refractivity contribution is 5.64. The summed E-state index contributed by atoms with van der Waals surface area (Å²) in [7, 11) is 0. The summed E-state index contributed by atoms with van der Waals surface area (Å²) in [5.41, 5.74) is 4.64. The third-order valence-electron chi connectivity index (χ3n) is 0.836. The number of nitrogens with zero attached hydrogens (tertiary/aromatic N) is 1. The molecule has 1 aromatic heterocycles. The molecule has 0 aromatic carbocycles. The Kier molecular flexibility index (Phi) is 1.90. The summed E-state index contributed by atoms with van der Waals surface area (Å²) in [5.74, 6) is -0.582. The van der Waals surface area contributed by atoms with Gasteiger partial charge >= 0.3 is 11.8 Å². The number of rotatable bonds is 2. The summed E-state index contributed by atoms with van der Waals surface area (Å²) < 4.78 is 8.39. The number of hydrogen-bond donors (Lipinski definition) is 2. The van der Waals surface area contributed by atoms with Crippen LogP contribution in [0.2, 0.25) is 0 Å². The number of primary amides is 1. The van der Waals surface area contributed by atoms with Crippen molar-refractivity contribution in [2.45, 2.75) is 6.61 Å². The Balaban J connectivity index is 2.51. The maximum Gasteiger partial charge on any atom is 0.439 e. The van der Waals surface area contributed by atoms with Gasteiger partial charge in [0, 0.05) is 0 Å². The minimum atomic E-state index is -0.936. The number of carbonyl (C=O) groups is 1. The van der Waals surface area contributed by atoms with Crippen LogP contribution in [0.3, 0.4) is 0 Å². The lowest BCUT2D eigenvalue weighted by molar-refractivity contribution is 0.146. The van der Waals surface area contributed by atoms with Gasteiger partial charge in [-0.2, -0.15) is 0 Å². The van der Waals surface area contributed by atoms with E-state index in [0.29, 0.717) is 0 Å². The quantitative estimate of drug-likeness (QED) is 0.572. The molecule has 0 spiro atoms. The largest absolute Gasteiger partial charge is 0.441 e. The minimum absolute atomic E-state index is 0.119. The average molecular weight is 159 g/mol. The molecule has 1 aromatic rings. The second-order valence-electron chi connectivity index (χ2n) is 1.65. The Morgan fingerprint density at radius 1 is 1.82 bits per heavy atom. The van der Waals surface area contributed by atoms with Gasteiger partial charge in [0.15, 0.2) is 12.4 Å². The fraction of sp³-hybridized carbons (Fsp3) is 0.250. The van der Waals surface area contributed by atoms with E-state index in [-0.39, 0.29) is 12.4 Å². The van der Waals surface area contributed by atoms with Crippen molar-refractivity contribution in [2.24, 2.45) is 5.73 Å². The lowest BCUT2D eigenvalue weighted by Gasteiger charge is -1.93. The molecule has 60 valence electrons. The Morgan fingerprint density at radius 3 is 3.00 bits per heavy atom. The molecule has 0 saturated carbocycles. The normalized spacial score (nSPS) is 9.45. The second kappa shape index (κ2) is 2.86. The number of amides is 1. The minimum Gasteiger partial charge on any atom is -0.441 e. The standard InChI is InChI=1S/C4H5N3O4/c5-3(8)10-1-2-6-4(9)11-7-2/h1H2,(H2,5,8)(H,6,7,9). The van der Waals surface area contributed by atoms with Gasteiger partial charge in [-0.3, -0.25) is 9.51 Å². The summed E-state index contributed by atoms with van der Waals surface area (Å²) in [4.78, 5) is 22.5. The van der Waals surface area contributed by atoms with Gasteiger partial charge in [0.2, 0.25) is 0 Å². The smallest absolute Gasteiger partial charge is 0.439 e. The number of carbonyl (C=O) groups excluding carboxylic acids is 1. The molecule has 0 aliphatic rings. The summed E-state index contributed by atoms with van der Waals surface area (Å²) in [5, 5.41) is 3.21. The maximum atomic E-state index is 10.3. The lowest BCUT2D eigenvalue weighted by atomic mass is 10.7. The Labute approximate surface area is 60.1 Å². The highest BCUT2D eigenvalue weighted by Crippen LogP contribution is 1.87. The van der Waals surface area contributed by atoms with Crippen LogP contribution in [0.25, 0.3) is 0 Å². The third-order valence-corrected chi connectivity index (χ3v) is 0.836. The van der Waals surface area contributed by atoms with Crippen molar-refractivity contribution in [2.75, 3.05) is 0 Å². The van der Waals surface area contributed by atoms with Crippen molar-refractivity contribution in [3.05, 3.63) is 16.4 Å². The van der Waals surface area contributed by atoms with Gasteiger partial charge in [-0.05, 0) is 0 Å². The van der Waals surface area contributed by atoms with Crippen LogP contribution in [0.1, 0.15) is 5.82 Å². The first-order valence-corrected chi connectivity index (χ1v) is 2.65. The number of aromatic amines is 1. The molecule has 0 saturated heterocycles. The molecule has 0 aliphatic carbocycles. The van der Waals surface area contributed by atoms with Gasteiger partial charge in [-0.15, -0.1) is 0 Å². The average Bonchev–Trinajstić information content (AvgIpc) is 2.31. The van der Waals surface area contributed by atoms with Gasteiger partial charge in [0.1, 0.15) is 0 Å². The van der Waals surface area contributed by atoms with E-state index in [4.69, 9.17) is 0 Å². The number of nitrogens with two attached hydrogens (primary N) is 1. The van der Waals surface area contributed by atoms with E-state index in [1.165, 1.54) is 0 Å². The summed E-state index contributed by atoms with van der Waals surface area (Å²) in [6, 6.07) is 0. The first kappa shape index (κ1) is 7.32. The molecule has 7 nitrogen and oxygen atoms in total. The van der Waals surface area contributed by atoms with Gasteiger partial charge in [0.25, 0.3) is 0 Å². The van der Waals surface area contributed by atoms with Crippen LogP contribution >= 0.6 is 0 Å². The van der Waals surface area contributed by atoms with Crippen LogP contribution in [0, 0.1) is 0 Å². The fourth-order valence-electron chi connectivity index (χ4n) is 0.462. The predicted octanol–water partition coefficient (Wildman–Crippen LogP) is -1.04. The predicted molar refractivity (Wildman–Crippen MR) is 31.5 cm³/mol. The summed E-state index contributed by atoms with van der Waals surface area (Å²) >= 11 is 0. The monoisotopic (exact) mass is 159 g/mol. The van der Waals surface area contributed by atoms with Crippen LogP contribution in [0.4, 0.5) is 4.79 Å². The molecular weight excluding hydrogens is 154 g/mol. The van der Waals surface area contributed by atoms with Gasteiger partial charge in [0.05, 0.1) is 0 Å². The van der Waals surface area contributed by atoms with Crippen molar-refractivity contribution < 1.29 is 14.1 Å². The first-order valence-electron chi connectivity index (χ1n) is 2.65. The third kappa shape index (κ3) is 2.12. The van der Waals surface area contributed by atoms with Crippen LogP contribution in [0.5, 0.6) is 0 Å². The summed E-state index contributed by atoms with van der Waals surface area (Å²) in [6.45, 7) is -0.193. The van der Waals surface area contributed by atoms with E-state index in [1.807, 2.05) is 0 Å². The van der Waals surface area contributed by atoms with E-state index in [9.17, 15) is 9.59 Å². The number of ether oxygens (including phenoxy) is 1. The summed E-state index contributed by atoms with van der Waals surface area (Å²) in [6.07, 6.45) is -0.936. The molecular formula is C4H5N3O4. The molecule has 11 heavy (non-hydrogen) atoms. The van der Waals surface area contributed by atoms with Crippen LogP contribution in [-0.2, 0) is 11.3 Å². The zero-order chi connectivity index (χ0) is 8.27. The molecule has 0 atom stereocenters. The van der Waals surface area contributed by atoms with Gasteiger partial charge in [-0.25, -0.2) is 9.59 Å². The second-order valence-corrected chi connectivity index (χ2v) is 1.65. The fourth-order valence-corrected chi connectivity index (χ4v) is 0.462. The highest BCUT2D eigenvalue weighted by atomic mass is 16.6. The van der Waals surface area contributed by atoms with Crippen LogP contribution < -0.4 is 11.5 Å². The molecule has 0 bridgehead atoms.